The zero-order valence-corrected chi connectivity index (χ0v) is 10.1. The van der Waals surface area contributed by atoms with Gasteiger partial charge in [-0.15, -0.1) is 0 Å². The van der Waals surface area contributed by atoms with Crippen LogP contribution in [0.15, 0.2) is 12.4 Å². The topological polar surface area (TPSA) is 53.1 Å². The molecule has 2 heterocycles. The van der Waals surface area contributed by atoms with E-state index in [9.17, 15) is 0 Å². The quantitative estimate of drug-likeness (QED) is 0.770. The fourth-order valence-corrected chi connectivity index (χ4v) is 2.04. The van der Waals surface area contributed by atoms with Crippen molar-refractivity contribution in [1.29, 1.82) is 0 Å². The predicted molar refractivity (Wildman–Crippen MR) is 65.9 cm³/mol. The van der Waals surface area contributed by atoms with Gasteiger partial charge in [0.2, 0.25) is 0 Å². The standard InChI is InChI=1S/C11H19N5/c1-11(2)7-13-4-5-16(11)10-6-9(12-3)14-8-15-10/h6,8,13H,4-5,7H2,1-3H3,(H,12,14,15). The van der Waals surface area contributed by atoms with Gasteiger partial charge in [-0.25, -0.2) is 9.97 Å². The number of nitrogens with one attached hydrogen (secondary N) is 2. The Hall–Kier alpha value is -1.36. The largest absolute Gasteiger partial charge is 0.373 e. The smallest absolute Gasteiger partial charge is 0.134 e. The first-order chi connectivity index (χ1) is 7.63. The van der Waals surface area contributed by atoms with Gasteiger partial charge in [-0.2, -0.15) is 0 Å². The van der Waals surface area contributed by atoms with Crippen molar-refractivity contribution in [3.05, 3.63) is 12.4 Å². The molecule has 5 nitrogen and oxygen atoms in total. The molecule has 1 aromatic heterocycles. The monoisotopic (exact) mass is 221 g/mol. The molecule has 16 heavy (non-hydrogen) atoms. The molecule has 2 N–H and O–H groups in total. The van der Waals surface area contributed by atoms with E-state index in [-0.39, 0.29) is 5.54 Å². The maximum atomic E-state index is 4.35. The molecule has 0 aliphatic carbocycles. The Morgan fingerprint density at radius 3 is 2.94 bits per heavy atom. The van der Waals surface area contributed by atoms with Gasteiger partial charge in [0.1, 0.15) is 18.0 Å². The molecule has 0 atom stereocenters. The second-order valence-corrected chi connectivity index (χ2v) is 4.65. The number of rotatable bonds is 2. The highest BCUT2D eigenvalue weighted by Crippen LogP contribution is 2.24. The lowest BCUT2D eigenvalue weighted by molar-refractivity contribution is 0.378. The maximum Gasteiger partial charge on any atom is 0.134 e. The molecule has 1 aliphatic heterocycles. The molecule has 0 amide bonds. The third-order valence-electron chi connectivity index (χ3n) is 2.99. The molecule has 0 spiro atoms. The number of nitrogens with zero attached hydrogens (tertiary/aromatic N) is 3. The van der Waals surface area contributed by atoms with Crippen molar-refractivity contribution in [2.45, 2.75) is 19.4 Å². The van der Waals surface area contributed by atoms with E-state index in [1.807, 2.05) is 13.1 Å². The predicted octanol–water partition coefficient (Wildman–Crippen LogP) is 0.706. The van der Waals surface area contributed by atoms with Crippen molar-refractivity contribution in [3.8, 4) is 0 Å². The van der Waals surface area contributed by atoms with Gasteiger partial charge in [-0.1, -0.05) is 0 Å². The van der Waals surface area contributed by atoms with Crippen LogP contribution in [0.4, 0.5) is 11.6 Å². The molecule has 1 aliphatic rings. The first-order valence-corrected chi connectivity index (χ1v) is 5.62. The van der Waals surface area contributed by atoms with Crippen LogP contribution in [0.5, 0.6) is 0 Å². The minimum absolute atomic E-state index is 0.0949. The first-order valence-electron chi connectivity index (χ1n) is 5.62. The summed E-state index contributed by atoms with van der Waals surface area (Å²) < 4.78 is 0. The summed E-state index contributed by atoms with van der Waals surface area (Å²) in [6.07, 6.45) is 1.61. The normalized spacial score (nSPS) is 19.6. The second-order valence-electron chi connectivity index (χ2n) is 4.65. The number of anilines is 2. The Kier molecular flexibility index (Phi) is 2.96. The summed E-state index contributed by atoms with van der Waals surface area (Å²) in [4.78, 5) is 10.8. The van der Waals surface area contributed by atoms with E-state index in [1.165, 1.54) is 0 Å². The van der Waals surface area contributed by atoms with Crippen molar-refractivity contribution in [3.63, 3.8) is 0 Å². The van der Waals surface area contributed by atoms with Gasteiger partial charge < -0.3 is 15.5 Å². The molecule has 2 rings (SSSR count). The van der Waals surface area contributed by atoms with E-state index in [0.29, 0.717) is 0 Å². The van der Waals surface area contributed by atoms with Crippen LogP contribution >= 0.6 is 0 Å². The fourth-order valence-electron chi connectivity index (χ4n) is 2.04. The number of piperazine rings is 1. The molecule has 5 heteroatoms. The van der Waals surface area contributed by atoms with Gasteiger partial charge >= 0.3 is 0 Å². The van der Waals surface area contributed by atoms with Crippen LogP contribution in [0.3, 0.4) is 0 Å². The van der Waals surface area contributed by atoms with E-state index in [2.05, 4.69) is 39.3 Å². The average molecular weight is 221 g/mol. The maximum absolute atomic E-state index is 4.35. The Bertz CT molecular complexity index is 363. The Balaban J connectivity index is 2.27. The molecule has 0 radical (unpaired) electrons. The summed E-state index contributed by atoms with van der Waals surface area (Å²) in [5.41, 5.74) is 0.0949. The highest BCUT2D eigenvalue weighted by Gasteiger charge is 2.30. The molecule has 0 bridgehead atoms. The Morgan fingerprint density at radius 1 is 1.44 bits per heavy atom. The Morgan fingerprint density at radius 2 is 2.25 bits per heavy atom. The molecular formula is C11H19N5. The third-order valence-corrected chi connectivity index (χ3v) is 2.99. The van der Waals surface area contributed by atoms with Gasteiger partial charge in [0, 0.05) is 38.3 Å². The van der Waals surface area contributed by atoms with Gasteiger partial charge in [0.05, 0.1) is 0 Å². The van der Waals surface area contributed by atoms with Crippen LogP contribution in [0.2, 0.25) is 0 Å². The van der Waals surface area contributed by atoms with Gasteiger partial charge in [0.15, 0.2) is 0 Å². The van der Waals surface area contributed by atoms with Crippen molar-refractivity contribution in [2.75, 3.05) is 36.9 Å². The summed E-state index contributed by atoms with van der Waals surface area (Å²) in [5.74, 6) is 1.85. The highest BCUT2D eigenvalue weighted by molar-refractivity contribution is 5.50. The number of hydrogen-bond acceptors (Lipinski definition) is 5. The summed E-state index contributed by atoms with van der Waals surface area (Å²) in [6.45, 7) is 7.40. The first kappa shape index (κ1) is 11.1. The van der Waals surface area contributed by atoms with E-state index in [4.69, 9.17) is 0 Å². The molecule has 0 saturated carbocycles. The molecule has 0 unspecified atom stereocenters. The lowest BCUT2D eigenvalue weighted by Crippen LogP contribution is -2.58. The molecule has 1 saturated heterocycles. The number of aromatic nitrogens is 2. The van der Waals surface area contributed by atoms with Gasteiger partial charge in [0.25, 0.3) is 0 Å². The highest BCUT2D eigenvalue weighted by atomic mass is 15.3. The molecular weight excluding hydrogens is 202 g/mol. The van der Waals surface area contributed by atoms with Gasteiger partial charge in [-0.3, -0.25) is 0 Å². The Labute approximate surface area is 96.3 Å². The van der Waals surface area contributed by atoms with E-state index < -0.39 is 0 Å². The van der Waals surface area contributed by atoms with Crippen LogP contribution in [-0.4, -0.2) is 42.2 Å². The van der Waals surface area contributed by atoms with Crippen LogP contribution in [0.1, 0.15) is 13.8 Å². The van der Waals surface area contributed by atoms with Crippen LogP contribution < -0.4 is 15.5 Å². The summed E-state index contributed by atoms with van der Waals surface area (Å²) in [7, 11) is 1.87. The average Bonchev–Trinajstić information content (AvgIpc) is 2.28. The van der Waals surface area contributed by atoms with E-state index in [1.54, 1.807) is 6.33 Å². The summed E-state index contributed by atoms with van der Waals surface area (Å²) in [5, 5.41) is 6.44. The minimum atomic E-state index is 0.0949. The van der Waals surface area contributed by atoms with Crippen LogP contribution in [0, 0.1) is 0 Å². The number of hydrogen-bond donors (Lipinski definition) is 2. The molecule has 88 valence electrons. The summed E-state index contributed by atoms with van der Waals surface area (Å²) in [6, 6.07) is 1.99. The van der Waals surface area contributed by atoms with Gasteiger partial charge in [-0.05, 0) is 13.8 Å². The van der Waals surface area contributed by atoms with E-state index >= 15 is 0 Å². The zero-order chi connectivity index (χ0) is 11.6. The SMILES string of the molecule is CNc1cc(N2CCNCC2(C)C)ncn1. The third kappa shape index (κ3) is 2.09. The zero-order valence-electron chi connectivity index (χ0n) is 10.1. The lowest BCUT2D eigenvalue weighted by Gasteiger charge is -2.43. The van der Waals surface area contributed by atoms with Crippen LogP contribution in [-0.2, 0) is 0 Å². The van der Waals surface area contributed by atoms with Crippen molar-refractivity contribution >= 4 is 11.6 Å². The molecule has 0 aromatic carbocycles. The minimum Gasteiger partial charge on any atom is -0.373 e. The fraction of sp³-hybridized carbons (Fsp3) is 0.636. The van der Waals surface area contributed by atoms with Crippen molar-refractivity contribution in [1.82, 2.24) is 15.3 Å². The molecule has 1 aromatic rings. The van der Waals surface area contributed by atoms with Crippen LogP contribution in [0.25, 0.3) is 0 Å². The summed E-state index contributed by atoms with van der Waals surface area (Å²) >= 11 is 0. The lowest BCUT2D eigenvalue weighted by atomic mass is 10.0. The van der Waals surface area contributed by atoms with E-state index in [0.717, 1.165) is 31.3 Å². The molecule has 1 fully saturated rings. The second kappa shape index (κ2) is 4.25. The van der Waals surface area contributed by atoms with Crippen molar-refractivity contribution < 1.29 is 0 Å². The van der Waals surface area contributed by atoms with Crippen molar-refractivity contribution in [2.24, 2.45) is 0 Å².